The quantitative estimate of drug-likeness (QED) is 0.480. The summed E-state index contributed by atoms with van der Waals surface area (Å²) in [6.07, 6.45) is 0. The number of hydrogen-bond acceptors (Lipinski definition) is 7. The molecule has 0 unspecified atom stereocenters. The van der Waals surface area contributed by atoms with Crippen LogP contribution in [0.5, 0.6) is 5.88 Å². The summed E-state index contributed by atoms with van der Waals surface area (Å²) in [7, 11) is -1.73. The zero-order chi connectivity index (χ0) is 21.0. The van der Waals surface area contributed by atoms with Gasteiger partial charge in [-0.15, -0.1) is 0 Å². The summed E-state index contributed by atoms with van der Waals surface area (Å²) in [6, 6.07) is 5.72. The first-order chi connectivity index (χ1) is 13.8. The van der Waals surface area contributed by atoms with Gasteiger partial charge in [-0.05, 0) is 13.0 Å². The molecule has 1 aliphatic heterocycles. The normalized spacial score (nSPS) is 15.5. The second-order valence-electron chi connectivity index (χ2n) is 6.34. The third-order valence-corrected chi connectivity index (χ3v) is 7.36. The summed E-state index contributed by atoms with van der Waals surface area (Å²) in [6.45, 7) is 3.35. The minimum absolute atomic E-state index is 0.0752. The molecule has 1 saturated heterocycles. The summed E-state index contributed by atoms with van der Waals surface area (Å²) >= 11 is 1.17. The summed E-state index contributed by atoms with van der Waals surface area (Å²) in [4.78, 5) is 10.7. The molecule has 0 N–H and O–H groups in total. The van der Waals surface area contributed by atoms with Crippen molar-refractivity contribution in [2.45, 2.75) is 17.8 Å². The molecule has 0 amide bonds. The fourth-order valence-corrected chi connectivity index (χ4v) is 4.81. The topological polar surface area (TPSA) is 75.6 Å². The van der Waals surface area contributed by atoms with Gasteiger partial charge in [0.25, 0.3) is 0 Å². The van der Waals surface area contributed by atoms with Gasteiger partial charge in [-0.25, -0.2) is 22.2 Å². The van der Waals surface area contributed by atoms with Crippen molar-refractivity contribution in [1.82, 2.24) is 14.3 Å². The van der Waals surface area contributed by atoms with Crippen molar-refractivity contribution in [3.05, 3.63) is 41.5 Å². The highest BCUT2D eigenvalue weighted by atomic mass is 32.2. The van der Waals surface area contributed by atoms with E-state index in [1.165, 1.54) is 35.3 Å². The van der Waals surface area contributed by atoms with Crippen LogP contribution in [0.3, 0.4) is 0 Å². The van der Waals surface area contributed by atoms with Crippen LogP contribution in [0.25, 0.3) is 0 Å². The molecule has 29 heavy (non-hydrogen) atoms. The second-order valence-corrected chi connectivity index (χ2v) is 9.54. The largest absolute Gasteiger partial charge is 0.481 e. The molecule has 2 heterocycles. The Kier molecular flexibility index (Phi) is 6.91. The lowest BCUT2D eigenvalue weighted by Gasteiger charge is -2.34. The Morgan fingerprint density at radius 1 is 1.17 bits per heavy atom. The molecular weight excluding hydrogens is 422 g/mol. The van der Waals surface area contributed by atoms with Crippen molar-refractivity contribution >= 4 is 27.6 Å². The Hall–Kier alpha value is -1.98. The van der Waals surface area contributed by atoms with Crippen LogP contribution in [0.2, 0.25) is 0 Å². The van der Waals surface area contributed by atoms with Gasteiger partial charge in [0.2, 0.25) is 15.9 Å². The highest BCUT2D eigenvalue weighted by Gasteiger charge is 2.26. The Labute approximate surface area is 173 Å². The standard InChI is InChI=1S/C18H22F2N4O3S2/c1-3-29(25,26)24-9-7-23(8-10-24)15-11-16(27-2)22-18(21-15)28-12-13-5-4-6-14(19)17(13)20/h4-6,11H,3,7-10,12H2,1-2H3. The van der Waals surface area contributed by atoms with Crippen LogP contribution in [0.1, 0.15) is 12.5 Å². The van der Waals surface area contributed by atoms with Gasteiger partial charge in [-0.2, -0.15) is 9.29 Å². The molecule has 0 bridgehead atoms. The first-order valence-corrected chi connectivity index (χ1v) is 11.6. The summed E-state index contributed by atoms with van der Waals surface area (Å²) in [5.74, 6) is -0.579. The van der Waals surface area contributed by atoms with Gasteiger partial charge in [-0.1, -0.05) is 23.9 Å². The Morgan fingerprint density at radius 3 is 2.55 bits per heavy atom. The van der Waals surface area contributed by atoms with Crippen LogP contribution in [0.4, 0.5) is 14.6 Å². The number of methoxy groups -OCH3 is 1. The van der Waals surface area contributed by atoms with Crippen LogP contribution < -0.4 is 9.64 Å². The lowest BCUT2D eigenvalue weighted by atomic mass is 10.2. The first kappa shape index (κ1) is 21.7. The minimum Gasteiger partial charge on any atom is -0.481 e. The molecule has 11 heteroatoms. The highest BCUT2D eigenvalue weighted by molar-refractivity contribution is 7.98. The van der Waals surface area contributed by atoms with Crippen molar-refractivity contribution in [3.63, 3.8) is 0 Å². The van der Waals surface area contributed by atoms with Gasteiger partial charge < -0.3 is 9.64 Å². The lowest BCUT2D eigenvalue weighted by molar-refractivity contribution is 0.379. The van der Waals surface area contributed by atoms with Crippen molar-refractivity contribution in [3.8, 4) is 5.88 Å². The zero-order valence-electron chi connectivity index (χ0n) is 16.1. The van der Waals surface area contributed by atoms with Crippen molar-refractivity contribution in [2.75, 3.05) is 43.9 Å². The average molecular weight is 445 g/mol. The third kappa shape index (κ3) is 5.14. The second kappa shape index (κ2) is 9.23. The molecule has 3 rings (SSSR count). The number of piperazine rings is 1. The average Bonchev–Trinajstić information content (AvgIpc) is 2.74. The summed E-state index contributed by atoms with van der Waals surface area (Å²) < 4.78 is 58.0. The van der Waals surface area contributed by atoms with Crippen molar-refractivity contribution < 1.29 is 21.9 Å². The van der Waals surface area contributed by atoms with E-state index in [0.29, 0.717) is 43.0 Å². The van der Waals surface area contributed by atoms with E-state index in [2.05, 4.69) is 9.97 Å². The molecule has 1 aromatic carbocycles. The molecule has 2 aromatic rings. The highest BCUT2D eigenvalue weighted by Crippen LogP contribution is 2.27. The number of halogens is 2. The number of sulfonamides is 1. The number of benzene rings is 1. The van der Waals surface area contributed by atoms with E-state index in [1.54, 1.807) is 13.0 Å². The van der Waals surface area contributed by atoms with E-state index < -0.39 is 21.7 Å². The number of ether oxygens (including phenoxy) is 1. The number of thioether (sulfide) groups is 1. The number of nitrogens with zero attached hydrogens (tertiary/aromatic N) is 4. The SMILES string of the molecule is CCS(=O)(=O)N1CCN(c2cc(OC)nc(SCc3cccc(F)c3F)n2)CC1. The van der Waals surface area contributed by atoms with Gasteiger partial charge in [-0.3, -0.25) is 0 Å². The van der Waals surface area contributed by atoms with Gasteiger partial charge >= 0.3 is 0 Å². The molecule has 0 aliphatic carbocycles. The van der Waals surface area contributed by atoms with E-state index >= 15 is 0 Å². The van der Waals surface area contributed by atoms with E-state index in [0.717, 1.165) is 6.07 Å². The number of hydrogen-bond donors (Lipinski definition) is 0. The molecule has 1 fully saturated rings. The summed E-state index contributed by atoms with van der Waals surface area (Å²) in [5.41, 5.74) is 0.223. The smallest absolute Gasteiger partial charge is 0.219 e. The van der Waals surface area contributed by atoms with E-state index in [-0.39, 0.29) is 17.1 Å². The van der Waals surface area contributed by atoms with Gasteiger partial charge in [0, 0.05) is 43.6 Å². The molecule has 7 nitrogen and oxygen atoms in total. The van der Waals surface area contributed by atoms with Crippen LogP contribution in [0.15, 0.2) is 29.4 Å². The maximum atomic E-state index is 13.9. The Balaban J connectivity index is 1.73. The monoisotopic (exact) mass is 444 g/mol. The van der Waals surface area contributed by atoms with Crippen LogP contribution in [0, 0.1) is 11.6 Å². The predicted molar refractivity (Wildman–Crippen MR) is 108 cm³/mol. The van der Waals surface area contributed by atoms with Crippen molar-refractivity contribution in [1.29, 1.82) is 0 Å². The fourth-order valence-electron chi connectivity index (χ4n) is 2.90. The number of rotatable bonds is 7. The van der Waals surface area contributed by atoms with Crippen LogP contribution in [-0.4, -0.2) is 61.7 Å². The van der Waals surface area contributed by atoms with Gasteiger partial charge in [0.05, 0.1) is 12.9 Å². The number of aromatic nitrogens is 2. The number of anilines is 1. The molecular formula is C18H22F2N4O3S2. The Bertz CT molecular complexity index is 968. The molecule has 0 saturated carbocycles. The maximum Gasteiger partial charge on any atom is 0.219 e. The maximum absolute atomic E-state index is 13.9. The first-order valence-electron chi connectivity index (χ1n) is 9.05. The van der Waals surface area contributed by atoms with Crippen LogP contribution >= 0.6 is 11.8 Å². The van der Waals surface area contributed by atoms with Crippen molar-refractivity contribution in [2.24, 2.45) is 0 Å². The fraction of sp³-hybridized carbons (Fsp3) is 0.444. The molecule has 0 radical (unpaired) electrons. The summed E-state index contributed by atoms with van der Waals surface area (Å²) in [5, 5.41) is 0.367. The Morgan fingerprint density at radius 2 is 1.90 bits per heavy atom. The molecule has 1 aromatic heterocycles. The van der Waals surface area contributed by atoms with E-state index in [1.807, 2.05) is 4.90 Å². The molecule has 0 atom stereocenters. The van der Waals surface area contributed by atoms with Gasteiger partial charge in [0.15, 0.2) is 16.8 Å². The zero-order valence-corrected chi connectivity index (χ0v) is 17.8. The van der Waals surface area contributed by atoms with E-state index in [4.69, 9.17) is 4.74 Å². The van der Waals surface area contributed by atoms with Gasteiger partial charge in [0.1, 0.15) is 5.82 Å². The van der Waals surface area contributed by atoms with E-state index in [9.17, 15) is 17.2 Å². The minimum atomic E-state index is -3.22. The molecule has 158 valence electrons. The third-order valence-electron chi connectivity index (χ3n) is 4.59. The lowest BCUT2D eigenvalue weighted by Crippen LogP contribution is -2.49. The van der Waals surface area contributed by atoms with Crippen LogP contribution in [-0.2, 0) is 15.8 Å². The molecule has 0 spiro atoms. The molecule has 1 aliphatic rings. The predicted octanol–water partition coefficient (Wildman–Crippen LogP) is 2.53.